The Morgan fingerprint density at radius 2 is 1.19 bits per heavy atom. The van der Waals surface area contributed by atoms with Crippen LogP contribution in [0.5, 0.6) is 0 Å². The molecular formula is C14H9BF4N2. The molecule has 0 aromatic heterocycles. The molecule has 0 radical (unpaired) electrons. The largest absolute Gasteiger partial charge is 0.673 e. The molecule has 0 fully saturated rings. The minimum atomic E-state index is -6.00. The van der Waals surface area contributed by atoms with E-state index in [1.165, 1.54) is 0 Å². The summed E-state index contributed by atoms with van der Waals surface area (Å²) < 4.78 is 39.0. The molecule has 2 nitrogen and oxygen atoms in total. The van der Waals surface area contributed by atoms with Crippen molar-refractivity contribution in [3.05, 3.63) is 70.7 Å². The summed E-state index contributed by atoms with van der Waals surface area (Å²) in [6, 6.07) is 16.9. The molecule has 2 aromatic rings. The van der Waals surface area contributed by atoms with Crippen LogP contribution in [0.2, 0.25) is 0 Å². The maximum atomic E-state index is 9.75. The fraction of sp³-hybridized carbons (Fsp3) is 0. The van der Waals surface area contributed by atoms with Crippen molar-refractivity contribution < 1.29 is 17.3 Å². The third-order valence-corrected chi connectivity index (χ3v) is 2.11. The van der Waals surface area contributed by atoms with E-state index in [1.807, 2.05) is 42.5 Å². The molecule has 0 bridgehead atoms. The zero-order valence-corrected chi connectivity index (χ0v) is 10.7. The van der Waals surface area contributed by atoms with Crippen LogP contribution in [0.4, 0.5) is 23.0 Å². The number of benzene rings is 2. The molecule has 0 spiro atoms. The molecular weight excluding hydrogens is 283 g/mol. The number of diazo groups is 1. The van der Waals surface area contributed by atoms with Gasteiger partial charge in [-0.3, -0.25) is 0 Å². The van der Waals surface area contributed by atoms with Crippen LogP contribution in [0, 0.1) is 17.2 Å². The summed E-state index contributed by atoms with van der Waals surface area (Å²) >= 11 is 0. The summed E-state index contributed by atoms with van der Waals surface area (Å²) in [5.74, 6) is 6.09. The molecule has 2 aromatic carbocycles. The van der Waals surface area contributed by atoms with Gasteiger partial charge in [0.15, 0.2) is 4.98 Å². The van der Waals surface area contributed by atoms with Crippen molar-refractivity contribution in [1.82, 2.24) is 0 Å². The first-order chi connectivity index (χ1) is 9.88. The van der Waals surface area contributed by atoms with Gasteiger partial charge >= 0.3 is 12.9 Å². The quantitative estimate of drug-likeness (QED) is 0.294. The molecule has 0 heterocycles. The van der Waals surface area contributed by atoms with Crippen molar-refractivity contribution in [2.24, 2.45) is 0 Å². The minimum Gasteiger partial charge on any atom is -0.418 e. The second-order valence-electron chi connectivity index (χ2n) is 3.76. The van der Waals surface area contributed by atoms with E-state index in [9.17, 15) is 17.3 Å². The fourth-order valence-electron chi connectivity index (χ4n) is 1.28. The molecule has 0 saturated carbocycles. The maximum absolute atomic E-state index is 9.75. The van der Waals surface area contributed by atoms with Gasteiger partial charge < -0.3 is 17.3 Å². The normalized spacial score (nSPS) is 9.48. The molecule has 0 saturated heterocycles. The van der Waals surface area contributed by atoms with Crippen LogP contribution in [0.1, 0.15) is 11.1 Å². The summed E-state index contributed by atoms with van der Waals surface area (Å²) in [4.78, 5) is 3.08. The number of halogens is 4. The van der Waals surface area contributed by atoms with Crippen LogP contribution >= 0.6 is 0 Å². The topological polar surface area (TPSA) is 28.1 Å². The second kappa shape index (κ2) is 7.71. The van der Waals surface area contributed by atoms with Crippen LogP contribution in [0.15, 0.2) is 54.6 Å². The monoisotopic (exact) mass is 292 g/mol. The van der Waals surface area contributed by atoms with Gasteiger partial charge in [-0.25, -0.2) is 0 Å². The number of rotatable bonds is 0. The lowest BCUT2D eigenvalue weighted by Crippen LogP contribution is -2.02. The van der Waals surface area contributed by atoms with E-state index in [2.05, 4.69) is 16.8 Å². The van der Waals surface area contributed by atoms with Gasteiger partial charge in [-0.15, -0.1) is 0 Å². The van der Waals surface area contributed by atoms with Crippen molar-refractivity contribution in [3.63, 3.8) is 0 Å². The summed E-state index contributed by atoms with van der Waals surface area (Å²) in [7, 11) is -6.00. The van der Waals surface area contributed by atoms with Gasteiger partial charge in [0.05, 0.1) is 0 Å². The van der Waals surface area contributed by atoms with Crippen molar-refractivity contribution in [3.8, 4) is 11.8 Å². The highest BCUT2D eigenvalue weighted by Gasteiger charge is 2.20. The summed E-state index contributed by atoms with van der Waals surface area (Å²) in [6.07, 6.45) is 0. The molecule has 0 amide bonds. The van der Waals surface area contributed by atoms with Crippen LogP contribution in [-0.2, 0) is 0 Å². The Labute approximate surface area is 119 Å². The Kier molecular flexibility index (Phi) is 5.97. The highest BCUT2D eigenvalue weighted by Crippen LogP contribution is 2.11. The van der Waals surface area contributed by atoms with E-state index in [0.29, 0.717) is 5.69 Å². The zero-order valence-electron chi connectivity index (χ0n) is 10.7. The van der Waals surface area contributed by atoms with Crippen molar-refractivity contribution in [2.75, 3.05) is 0 Å². The Balaban J connectivity index is 0.000000383. The predicted molar refractivity (Wildman–Crippen MR) is 73.8 cm³/mol. The average Bonchev–Trinajstić information content (AvgIpc) is 2.45. The molecule has 2 rings (SSSR count). The molecule has 0 aliphatic heterocycles. The molecule has 7 heteroatoms. The highest BCUT2D eigenvalue weighted by atomic mass is 19.5. The third kappa shape index (κ3) is 8.07. The SMILES string of the molecule is F[B-](F)(F)F.N#[N+]c1ccc(C#Cc2ccccc2)cc1. The first-order valence-electron chi connectivity index (χ1n) is 5.78. The Bertz CT molecular complexity index is 659. The van der Waals surface area contributed by atoms with Crippen LogP contribution in [0.3, 0.4) is 0 Å². The molecule has 0 aliphatic carbocycles. The van der Waals surface area contributed by atoms with E-state index in [-0.39, 0.29) is 0 Å². The zero-order chi connectivity index (χ0) is 15.7. The molecule has 0 N–H and O–H groups in total. The summed E-state index contributed by atoms with van der Waals surface area (Å²) in [5, 5.41) is 8.53. The molecule has 106 valence electrons. The number of hydrogen-bond donors (Lipinski definition) is 0. The van der Waals surface area contributed by atoms with Gasteiger partial charge in [0, 0.05) is 23.3 Å². The summed E-state index contributed by atoms with van der Waals surface area (Å²) in [6.45, 7) is 0. The van der Waals surface area contributed by atoms with Gasteiger partial charge in [0.25, 0.3) is 0 Å². The molecule has 21 heavy (non-hydrogen) atoms. The Morgan fingerprint density at radius 3 is 1.62 bits per heavy atom. The maximum Gasteiger partial charge on any atom is 0.673 e. The van der Waals surface area contributed by atoms with Crippen molar-refractivity contribution in [2.45, 2.75) is 0 Å². The van der Waals surface area contributed by atoms with Gasteiger partial charge in [-0.05, 0) is 24.3 Å². The van der Waals surface area contributed by atoms with Crippen LogP contribution < -0.4 is 0 Å². The molecule has 0 aliphatic rings. The van der Waals surface area contributed by atoms with E-state index in [0.717, 1.165) is 11.1 Å². The molecule has 0 unspecified atom stereocenters. The minimum absolute atomic E-state index is 0.533. The van der Waals surface area contributed by atoms with Crippen LogP contribution in [0.25, 0.3) is 4.98 Å². The lowest BCUT2D eigenvalue weighted by molar-refractivity contribution is 0.368. The number of hydrogen-bond acceptors (Lipinski definition) is 1. The van der Waals surface area contributed by atoms with E-state index in [4.69, 9.17) is 5.39 Å². The average molecular weight is 292 g/mol. The number of nitrogens with zero attached hydrogens (tertiary/aromatic N) is 2. The second-order valence-corrected chi connectivity index (χ2v) is 3.76. The first kappa shape index (κ1) is 16.3. The van der Waals surface area contributed by atoms with Crippen molar-refractivity contribution >= 4 is 12.9 Å². The van der Waals surface area contributed by atoms with Gasteiger partial charge in [-0.1, -0.05) is 30.0 Å². The van der Waals surface area contributed by atoms with E-state index >= 15 is 0 Å². The highest BCUT2D eigenvalue weighted by molar-refractivity contribution is 6.50. The smallest absolute Gasteiger partial charge is 0.418 e. The van der Waals surface area contributed by atoms with Gasteiger partial charge in [-0.2, -0.15) is 0 Å². The van der Waals surface area contributed by atoms with E-state index in [1.54, 1.807) is 12.1 Å². The van der Waals surface area contributed by atoms with E-state index < -0.39 is 7.25 Å². The lowest BCUT2D eigenvalue weighted by Gasteiger charge is -1.94. The van der Waals surface area contributed by atoms with Crippen molar-refractivity contribution in [1.29, 1.82) is 5.39 Å². The third-order valence-electron chi connectivity index (χ3n) is 2.11. The molecule has 0 atom stereocenters. The van der Waals surface area contributed by atoms with Gasteiger partial charge in [0.1, 0.15) is 0 Å². The fourth-order valence-corrected chi connectivity index (χ4v) is 1.28. The lowest BCUT2D eigenvalue weighted by atomic mass is 10.2. The Morgan fingerprint density at radius 1 is 0.762 bits per heavy atom. The summed E-state index contributed by atoms with van der Waals surface area (Å²) in [5.41, 5.74) is 2.42. The first-order valence-corrected chi connectivity index (χ1v) is 5.78. The van der Waals surface area contributed by atoms with Crippen LogP contribution in [-0.4, -0.2) is 7.25 Å². The Hall–Kier alpha value is -2.80. The van der Waals surface area contributed by atoms with Gasteiger partial charge in [0.2, 0.25) is 5.39 Å². The predicted octanol–water partition coefficient (Wildman–Crippen LogP) is 4.87. The standard InChI is InChI=1S/C14H9N2.BF4/c15-16-14-10-8-13(9-11-14)7-6-12-4-2-1-3-5-12;2-1(3,4)5/h1-5,8-11H;/q+1;-1.